The molecule has 0 heterocycles. The van der Waals surface area contributed by atoms with Gasteiger partial charge in [0.15, 0.2) is 0 Å². The Morgan fingerprint density at radius 2 is 1.88 bits per heavy atom. The van der Waals surface area contributed by atoms with Crippen molar-refractivity contribution in [2.45, 2.75) is 24.8 Å². The average molecular weight is 445 g/mol. The largest absolute Gasteiger partial charge is 0.496 e. The fourth-order valence-corrected chi connectivity index (χ4v) is 3.57. The zero-order valence-electron chi connectivity index (χ0n) is 14.3. The first-order valence-corrected chi connectivity index (χ1v) is 9.88. The lowest BCUT2D eigenvalue weighted by Crippen LogP contribution is -2.30. The molecule has 26 heavy (non-hydrogen) atoms. The van der Waals surface area contributed by atoms with Crippen LogP contribution in [0.25, 0.3) is 0 Å². The molecule has 0 atom stereocenters. The van der Waals surface area contributed by atoms with Gasteiger partial charge in [-0.25, -0.2) is 12.8 Å². The third-order valence-electron chi connectivity index (χ3n) is 3.32. The molecule has 0 spiro atoms. The quantitative estimate of drug-likeness (QED) is 0.713. The molecule has 0 fully saturated rings. The molecule has 0 bridgehead atoms. The van der Waals surface area contributed by atoms with Crippen LogP contribution in [0.2, 0.25) is 0 Å². The second-order valence-electron chi connectivity index (χ2n) is 5.72. The number of nitrogens with one attached hydrogen (secondary N) is 2. The lowest BCUT2D eigenvalue weighted by atomic mass is 10.2. The van der Waals surface area contributed by atoms with E-state index in [1.165, 1.54) is 37.4 Å². The summed E-state index contributed by atoms with van der Waals surface area (Å²) in [4.78, 5) is 12.1. The first kappa shape index (κ1) is 20.2. The molecular weight excluding hydrogens is 427 g/mol. The van der Waals surface area contributed by atoms with Crippen LogP contribution in [0, 0.1) is 5.82 Å². The van der Waals surface area contributed by atoms with Crippen molar-refractivity contribution in [2.24, 2.45) is 0 Å². The standard InChI is InChI=1S/C17H18BrFN2O4S/c1-10(2)20-17(22)13-9-12(5-7-16(13)25-3)26(23,24)21-15-6-4-11(18)8-14(15)19/h4-10,21H,1-3H3,(H,20,22). The summed E-state index contributed by atoms with van der Waals surface area (Å²) >= 11 is 3.11. The summed E-state index contributed by atoms with van der Waals surface area (Å²) in [5.74, 6) is -0.963. The van der Waals surface area contributed by atoms with Gasteiger partial charge in [-0.1, -0.05) is 15.9 Å². The van der Waals surface area contributed by atoms with Crippen LogP contribution in [0.5, 0.6) is 5.75 Å². The molecule has 0 saturated carbocycles. The molecule has 2 aromatic carbocycles. The highest BCUT2D eigenvalue weighted by Gasteiger charge is 2.21. The highest BCUT2D eigenvalue weighted by molar-refractivity contribution is 9.10. The smallest absolute Gasteiger partial charge is 0.262 e. The summed E-state index contributed by atoms with van der Waals surface area (Å²) in [6.45, 7) is 3.56. The van der Waals surface area contributed by atoms with Gasteiger partial charge in [-0.05, 0) is 50.2 Å². The number of carbonyl (C=O) groups is 1. The van der Waals surface area contributed by atoms with Crippen molar-refractivity contribution in [3.8, 4) is 5.75 Å². The van der Waals surface area contributed by atoms with Gasteiger partial charge in [0.2, 0.25) is 0 Å². The molecular formula is C17H18BrFN2O4S. The molecule has 0 radical (unpaired) electrons. The zero-order chi connectivity index (χ0) is 19.5. The first-order chi connectivity index (χ1) is 12.1. The number of rotatable bonds is 6. The van der Waals surface area contributed by atoms with Crippen molar-refractivity contribution >= 4 is 37.5 Å². The maximum absolute atomic E-state index is 13.9. The van der Waals surface area contributed by atoms with E-state index in [1.807, 2.05) is 0 Å². The Bertz CT molecular complexity index is 932. The van der Waals surface area contributed by atoms with Gasteiger partial charge in [0.05, 0.1) is 23.3 Å². The fraction of sp³-hybridized carbons (Fsp3) is 0.235. The topological polar surface area (TPSA) is 84.5 Å². The van der Waals surface area contributed by atoms with Gasteiger partial charge in [-0.3, -0.25) is 9.52 Å². The predicted octanol–water partition coefficient (Wildman–Crippen LogP) is 3.54. The van der Waals surface area contributed by atoms with Crippen LogP contribution < -0.4 is 14.8 Å². The van der Waals surface area contributed by atoms with Gasteiger partial charge in [0.25, 0.3) is 15.9 Å². The summed E-state index contributed by atoms with van der Waals surface area (Å²) in [5.41, 5.74) is -0.127. The predicted molar refractivity (Wildman–Crippen MR) is 101 cm³/mol. The summed E-state index contributed by atoms with van der Waals surface area (Å²) in [7, 11) is -2.72. The minimum atomic E-state index is -4.10. The third-order valence-corrected chi connectivity index (χ3v) is 5.18. The number of hydrogen-bond donors (Lipinski definition) is 2. The van der Waals surface area contributed by atoms with Crippen LogP contribution in [-0.4, -0.2) is 27.5 Å². The van der Waals surface area contributed by atoms with Crippen LogP contribution in [-0.2, 0) is 10.0 Å². The number of benzene rings is 2. The van der Waals surface area contributed by atoms with Crippen LogP contribution >= 0.6 is 15.9 Å². The summed E-state index contributed by atoms with van der Waals surface area (Å²) in [6, 6.07) is 7.67. The normalized spacial score (nSPS) is 11.3. The van der Waals surface area contributed by atoms with E-state index in [2.05, 4.69) is 26.0 Å². The molecule has 2 aromatic rings. The number of ether oxygens (including phenoxy) is 1. The Morgan fingerprint density at radius 1 is 1.19 bits per heavy atom. The number of sulfonamides is 1. The molecule has 9 heteroatoms. The van der Waals surface area contributed by atoms with Gasteiger partial charge in [-0.15, -0.1) is 0 Å². The monoisotopic (exact) mass is 444 g/mol. The van der Waals surface area contributed by atoms with Gasteiger partial charge in [-0.2, -0.15) is 0 Å². The summed E-state index contributed by atoms with van der Waals surface area (Å²) in [5, 5.41) is 2.68. The molecule has 0 aliphatic carbocycles. The zero-order valence-corrected chi connectivity index (χ0v) is 16.7. The van der Waals surface area contributed by atoms with E-state index in [1.54, 1.807) is 13.8 Å². The Labute approximate surface area is 159 Å². The molecule has 2 N–H and O–H groups in total. The van der Waals surface area contributed by atoms with Gasteiger partial charge >= 0.3 is 0 Å². The molecule has 0 aliphatic heterocycles. The third kappa shape index (κ3) is 4.73. The van der Waals surface area contributed by atoms with Crippen molar-refractivity contribution in [1.82, 2.24) is 5.32 Å². The number of anilines is 1. The molecule has 0 unspecified atom stereocenters. The van der Waals surface area contributed by atoms with E-state index >= 15 is 0 Å². The number of hydrogen-bond acceptors (Lipinski definition) is 4. The highest BCUT2D eigenvalue weighted by atomic mass is 79.9. The van der Waals surface area contributed by atoms with Crippen LogP contribution in [0.4, 0.5) is 10.1 Å². The van der Waals surface area contributed by atoms with E-state index in [0.717, 1.165) is 6.07 Å². The Kier molecular flexibility index (Phi) is 6.25. The second-order valence-corrected chi connectivity index (χ2v) is 8.32. The first-order valence-electron chi connectivity index (χ1n) is 7.61. The molecule has 0 aromatic heterocycles. The minimum Gasteiger partial charge on any atom is -0.496 e. The van der Waals surface area contributed by atoms with Gasteiger partial charge < -0.3 is 10.1 Å². The summed E-state index contributed by atoms with van der Waals surface area (Å²) < 4.78 is 46.9. The molecule has 6 nitrogen and oxygen atoms in total. The van der Waals surface area contributed by atoms with Crippen molar-refractivity contribution < 1.29 is 22.3 Å². The Morgan fingerprint density at radius 3 is 2.46 bits per heavy atom. The van der Waals surface area contributed by atoms with Crippen molar-refractivity contribution in [3.63, 3.8) is 0 Å². The Balaban J connectivity index is 2.41. The number of amides is 1. The molecule has 2 rings (SSSR count). The van der Waals surface area contributed by atoms with Gasteiger partial charge in [0.1, 0.15) is 11.6 Å². The van der Waals surface area contributed by atoms with E-state index in [0.29, 0.717) is 4.47 Å². The average Bonchev–Trinajstić information content (AvgIpc) is 2.56. The van der Waals surface area contributed by atoms with E-state index in [4.69, 9.17) is 4.74 Å². The number of carbonyl (C=O) groups excluding carboxylic acids is 1. The lowest BCUT2D eigenvalue weighted by molar-refractivity contribution is 0.0940. The van der Waals surface area contributed by atoms with E-state index in [-0.39, 0.29) is 27.9 Å². The summed E-state index contributed by atoms with van der Waals surface area (Å²) in [6.07, 6.45) is 0. The second kappa shape index (κ2) is 8.05. The molecule has 1 amide bonds. The van der Waals surface area contributed by atoms with Crippen molar-refractivity contribution in [3.05, 3.63) is 52.3 Å². The maximum atomic E-state index is 13.9. The van der Waals surface area contributed by atoms with Crippen LogP contribution in [0.15, 0.2) is 45.8 Å². The maximum Gasteiger partial charge on any atom is 0.262 e. The Hall–Kier alpha value is -2.13. The lowest BCUT2D eigenvalue weighted by Gasteiger charge is -2.14. The van der Waals surface area contributed by atoms with E-state index < -0.39 is 21.7 Å². The molecule has 0 saturated heterocycles. The van der Waals surface area contributed by atoms with E-state index in [9.17, 15) is 17.6 Å². The van der Waals surface area contributed by atoms with Crippen molar-refractivity contribution in [1.29, 1.82) is 0 Å². The van der Waals surface area contributed by atoms with Crippen LogP contribution in [0.3, 0.4) is 0 Å². The number of methoxy groups -OCH3 is 1. The van der Waals surface area contributed by atoms with Crippen LogP contribution in [0.1, 0.15) is 24.2 Å². The number of halogens is 2. The van der Waals surface area contributed by atoms with Gasteiger partial charge in [0, 0.05) is 10.5 Å². The van der Waals surface area contributed by atoms with Crippen molar-refractivity contribution in [2.75, 3.05) is 11.8 Å². The molecule has 0 aliphatic rings. The minimum absolute atomic E-state index is 0.0698. The highest BCUT2D eigenvalue weighted by Crippen LogP contribution is 2.26. The fourth-order valence-electron chi connectivity index (χ4n) is 2.15. The SMILES string of the molecule is COc1ccc(S(=O)(=O)Nc2ccc(Br)cc2F)cc1C(=O)NC(C)C. The molecule has 140 valence electrons.